The summed E-state index contributed by atoms with van der Waals surface area (Å²) in [5, 5.41) is 0. The second kappa shape index (κ2) is 4.27. The van der Waals surface area contributed by atoms with E-state index in [9.17, 15) is 0 Å². The molecule has 1 aliphatic rings. The average Bonchev–Trinajstić information content (AvgIpc) is 2.06. The summed E-state index contributed by atoms with van der Waals surface area (Å²) >= 11 is 0. The molecule has 1 nitrogen and oxygen atoms in total. The highest BCUT2D eigenvalue weighted by Crippen LogP contribution is 2.23. The van der Waals surface area contributed by atoms with Gasteiger partial charge in [0.2, 0.25) is 0 Å². The Balaban J connectivity index is 2.47. The molecule has 1 aliphatic heterocycles. The van der Waals surface area contributed by atoms with E-state index in [-0.39, 0.29) is 0 Å². The van der Waals surface area contributed by atoms with Crippen molar-refractivity contribution in [1.82, 2.24) is 4.90 Å². The van der Waals surface area contributed by atoms with Crippen LogP contribution in [0, 0.1) is 0 Å². The first-order valence-corrected chi connectivity index (χ1v) is 5.34. The number of hydrogen-bond acceptors (Lipinski definition) is 1. The zero-order chi connectivity index (χ0) is 9.03. The molecule has 0 aromatic carbocycles. The van der Waals surface area contributed by atoms with E-state index in [1.54, 1.807) is 0 Å². The van der Waals surface area contributed by atoms with Gasteiger partial charge in [0.15, 0.2) is 0 Å². The summed E-state index contributed by atoms with van der Waals surface area (Å²) in [7, 11) is 2.27. The molecule has 0 radical (unpaired) electrons. The Morgan fingerprint density at radius 2 is 1.50 bits per heavy atom. The van der Waals surface area contributed by atoms with Gasteiger partial charge in [0.25, 0.3) is 0 Å². The second-order valence-electron chi connectivity index (χ2n) is 4.75. The maximum Gasteiger partial charge on any atom is 0.0150 e. The third-order valence-corrected chi connectivity index (χ3v) is 3.32. The van der Waals surface area contributed by atoms with E-state index < -0.39 is 0 Å². The van der Waals surface area contributed by atoms with E-state index in [2.05, 4.69) is 25.8 Å². The minimum Gasteiger partial charge on any atom is -0.301 e. The van der Waals surface area contributed by atoms with Crippen LogP contribution in [0.25, 0.3) is 0 Å². The molecule has 0 amide bonds. The van der Waals surface area contributed by atoms with E-state index in [1.165, 1.54) is 45.1 Å². The summed E-state index contributed by atoms with van der Waals surface area (Å²) in [6.07, 6.45) is 8.49. The van der Waals surface area contributed by atoms with Gasteiger partial charge in [0, 0.05) is 5.54 Å². The molecule has 1 fully saturated rings. The highest BCUT2D eigenvalue weighted by Gasteiger charge is 2.22. The zero-order valence-corrected chi connectivity index (χ0v) is 8.90. The molecule has 1 heteroatoms. The largest absolute Gasteiger partial charge is 0.301 e. The lowest BCUT2D eigenvalue weighted by Gasteiger charge is -2.35. The van der Waals surface area contributed by atoms with Crippen molar-refractivity contribution in [3.05, 3.63) is 0 Å². The van der Waals surface area contributed by atoms with E-state index in [0.717, 1.165) is 0 Å². The van der Waals surface area contributed by atoms with Crippen LogP contribution in [-0.2, 0) is 0 Å². The van der Waals surface area contributed by atoms with E-state index in [4.69, 9.17) is 0 Å². The molecule has 1 saturated heterocycles. The zero-order valence-electron chi connectivity index (χ0n) is 8.90. The molecule has 1 rings (SSSR count). The Hall–Kier alpha value is -0.0400. The standard InChI is InChI=1S/C11H23N/c1-11(2)9-7-5-4-6-8-10-12(11)3/h4-10H2,1-3H3. The topological polar surface area (TPSA) is 3.24 Å². The molecule has 1 heterocycles. The molecule has 0 atom stereocenters. The smallest absolute Gasteiger partial charge is 0.0150 e. The van der Waals surface area contributed by atoms with Gasteiger partial charge in [0.1, 0.15) is 0 Å². The van der Waals surface area contributed by atoms with Crippen LogP contribution in [0.2, 0.25) is 0 Å². The van der Waals surface area contributed by atoms with Crippen LogP contribution in [-0.4, -0.2) is 24.0 Å². The molecular formula is C11H23N. The Morgan fingerprint density at radius 3 is 2.25 bits per heavy atom. The van der Waals surface area contributed by atoms with Crippen molar-refractivity contribution in [2.45, 2.75) is 57.9 Å². The van der Waals surface area contributed by atoms with Crippen molar-refractivity contribution >= 4 is 0 Å². The fraction of sp³-hybridized carbons (Fsp3) is 1.00. The quantitative estimate of drug-likeness (QED) is 0.539. The molecule has 0 N–H and O–H groups in total. The second-order valence-corrected chi connectivity index (χ2v) is 4.75. The Labute approximate surface area is 77.1 Å². The first-order chi connectivity index (χ1) is 5.63. The molecule has 12 heavy (non-hydrogen) atoms. The van der Waals surface area contributed by atoms with Gasteiger partial charge in [-0.25, -0.2) is 0 Å². The molecule has 72 valence electrons. The minimum absolute atomic E-state index is 0.435. The summed E-state index contributed by atoms with van der Waals surface area (Å²) < 4.78 is 0. The first kappa shape index (κ1) is 10.0. The lowest BCUT2D eigenvalue weighted by Crippen LogP contribution is -2.41. The van der Waals surface area contributed by atoms with Gasteiger partial charge in [0.05, 0.1) is 0 Å². The molecule has 0 aromatic heterocycles. The minimum atomic E-state index is 0.435. The summed E-state index contributed by atoms with van der Waals surface area (Å²) in [6, 6.07) is 0. The lowest BCUT2D eigenvalue weighted by molar-refractivity contribution is 0.144. The van der Waals surface area contributed by atoms with E-state index in [1.807, 2.05) is 0 Å². The van der Waals surface area contributed by atoms with Crippen LogP contribution < -0.4 is 0 Å². The van der Waals surface area contributed by atoms with Crippen LogP contribution >= 0.6 is 0 Å². The number of hydrogen-bond donors (Lipinski definition) is 0. The maximum atomic E-state index is 2.53. The Morgan fingerprint density at radius 1 is 0.917 bits per heavy atom. The van der Waals surface area contributed by atoms with Gasteiger partial charge in [-0.15, -0.1) is 0 Å². The molecule has 0 spiro atoms. The van der Waals surface area contributed by atoms with Crippen molar-refractivity contribution < 1.29 is 0 Å². The lowest BCUT2D eigenvalue weighted by atomic mass is 9.96. The summed E-state index contributed by atoms with van der Waals surface area (Å²) in [5.74, 6) is 0. The monoisotopic (exact) mass is 169 g/mol. The van der Waals surface area contributed by atoms with Gasteiger partial charge < -0.3 is 4.90 Å². The van der Waals surface area contributed by atoms with Crippen LogP contribution in [0.3, 0.4) is 0 Å². The van der Waals surface area contributed by atoms with Gasteiger partial charge in [-0.1, -0.05) is 25.7 Å². The van der Waals surface area contributed by atoms with E-state index in [0.29, 0.717) is 5.54 Å². The van der Waals surface area contributed by atoms with Gasteiger partial charge in [-0.05, 0) is 40.3 Å². The summed E-state index contributed by atoms with van der Waals surface area (Å²) in [4.78, 5) is 2.53. The van der Waals surface area contributed by atoms with Crippen molar-refractivity contribution in [2.75, 3.05) is 13.6 Å². The normalized spacial score (nSPS) is 27.2. The predicted octanol–water partition coefficient (Wildman–Crippen LogP) is 3.05. The molecule has 0 aromatic rings. The van der Waals surface area contributed by atoms with Gasteiger partial charge in [-0.3, -0.25) is 0 Å². The number of nitrogens with zero attached hydrogens (tertiary/aromatic N) is 1. The fourth-order valence-corrected chi connectivity index (χ4v) is 1.93. The van der Waals surface area contributed by atoms with Crippen molar-refractivity contribution in [2.24, 2.45) is 0 Å². The highest BCUT2D eigenvalue weighted by molar-refractivity contribution is 4.79. The van der Waals surface area contributed by atoms with E-state index >= 15 is 0 Å². The van der Waals surface area contributed by atoms with Crippen molar-refractivity contribution in [3.63, 3.8) is 0 Å². The first-order valence-electron chi connectivity index (χ1n) is 5.34. The number of rotatable bonds is 0. The fourth-order valence-electron chi connectivity index (χ4n) is 1.93. The molecule has 0 aliphatic carbocycles. The maximum absolute atomic E-state index is 2.53. The van der Waals surface area contributed by atoms with Crippen LogP contribution in [0.15, 0.2) is 0 Å². The van der Waals surface area contributed by atoms with Crippen LogP contribution in [0.5, 0.6) is 0 Å². The van der Waals surface area contributed by atoms with Gasteiger partial charge >= 0.3 is 0 Å². The predicted molar refractivity (Wildman–Crippen MR) is 54.4 cm³/mol. The van der Waals surface area contributed by atoms with Crippen LogP contribution in [0.4, 0.5) is 0 Å². The molecule has 0 saturated carbocycles. The summed E-state index contributed by atoms with van der Waals surface area (Å²) in [5.41, 5.74) is 0.435. The molecular weight excluding hydrogens is 146 g/mol. The third-order valence-electron chi connectivity index (χ3n) is 3.32. The molecule has 0 bridgehead atoms. The molecule has 0 unspecified atom stereocenters. The van der Waals surface area contributed by atoms with Crippen molar-refractivity contribution in [3.8, 4) is 0 Å². The SMILES string of the molecule is CN1CCCCCCCC1(C)C. The Bertz CT molecular complexity index is 129. The highest BCUT2D eigenvalue weighted by atomic mass is 15.2. The van der Waals surface area contributed by atoms with Crippen molar-refractivity contribution in [1.29, 1.82) is 0 Å². The Kier molecular flexibility index (Phi) is 3.57. The van der Waals surface area contributed by atoms with Gasteiger partial charge in [-0.2, -0.15) is 0 Å². The summed E-state index contributed by atoms with van der Waals surface area (Å²) in [6.45, 7) is 6.03. The third kappa shape index (κ3) is 2.78. The van der Waals surface area contributed by atoms with Crippen LogP contribution in [0.1, 0.15) is 52.4 Å². The average molecular weight is 169 g/mol.